The summed E-state index contributed by atoms with van der Waals surface area (Å²) in [7, 11) is -3.79. The fourth-order valence-electron chi connectivity index (χ4n) is 2.58. The molecule has 0 saturated carbocycles. The molecule has 0 spiro atoms. The highest BCUT2D eigenvalue weighted by Gasteiger charge is 2.14. The average molecular weight is 417 g/mol. The Bertz CT molecular complexity index is 1040. The molecule has 1 amide bonds. The highest BCUT2D eigenvalue weighted by atomic mass is 32.2. The van der Waals surface area contributed by atoms with Gasteiger partial charge in [-0.1, -0.05) is 29.8 Å². The zero-order chi connectivity index (χ0) is 21.6. The molecule has 2 rings (SSSR count). The number of hydrazone groups is 1. The van der Waals surface area contributed by atoms with Crippen molar-refractivity contribution in [2.24, 2.45) is 5.10 Å². The van der Waals surface area contributed by atoms with Crippen LogP contribution in [0.15, 0.2) is 52.5 Å². The Hall–Kier alpha value is -3.04. The van der Waals surface area contributed by atoms with Crippen molar-refractivity contribution in [3.8, 4) is 0 Å². The highest BCUT2D eigenvalue weighted by Crippen LogP contribution is 2.12. The van der Waals surface area contributed by atoms with Crippen LogP contribution >= 0.6 is 0 Å². The van der Waals surface area contributed by atoms with Crippen LogP contribution in [0.2, 0.25) is 0 Å². The second kappa shape index (κ2) is 9.44. The summed E-state index contributed by atoms with van der Waals surface area (Å²) in [6, 6.07) is 11.4. The molecule has 0 bridgehead atoms. The summed E-state index contributed by atoms with van der Waals surface area (Å²) in [6.45, 7) is 5.30. The van der Waals surface area contributed by atoms with Crippen LogP contribution in [-0.2, 0) is 14.8 Å². The number of carbonyl (C=O) groups is 2. The SMILES string of the molecule is C/C(=N\NC(=O)c1ccc(C)cc1C)c1ccc(S(=O)(=O)NCCC(=O)O)cc1. The van der Waals surface area contributed by atoms with Crippen molar-refractivity contribution in [3.05, 3.63) is 64.7 Å². The predicted octanol–water partition coefficient (Wildman–Crippen LogP) is 2.21. The number of amides is 1. The normalized spacial score (nSPS) is 11.9. The fourth-order valence-corrected chi connectivity index (χ4v) is 3.61. The second-order valence-corrected chi connectivity index (χ2v) is 8.29. The van der Waals surface area contributed by atoms with Crippen molar-refractivity contribution < 1.29 is 23.1 Å². The topological polar surface area (TPSA) is 125 Å². The summed E-state index contributed by atoms with van der Waals surface area (Å²) in [5.74, 6) is -1.42. The standard InChI is InChI=1S/C20H23N3O5S/c1-13-4-9-18(14(2)12-13)20(26)23-22-15(3)16-5-7-17(8-6-16)29(27,28)21-11-10-19(24)25/h4-9,12,21H,10-11H2,1-3H3,(H,23,26)(H,24,25)/b22-15+. The van der Waals surface area contributed by atoms with Gasteiger partial charge in [-0.05, 0) is 50.1 Å². The summed E-state index contributed by atoms with van der Waals surface area (Å²) in [6.07, 6.45) is -0.302. The maximum atomic E-state index is 12.3. The van der Waals surface area contributed by atoms with E-state index in [0.29, 0.717) is 16.8 Å². The van der Waals surface area contributed by atoms with Gasteiger partial charge in [-0.3, -0.25) is 9.59 Å². The van der Waals surface area contributed by atoms with Crippen LogP contribution in [0.5, 0.6) is 0 Å². The molecule has 0 aliphatic rings. The molecule has 8 nitrogen and oxygen atoms in total. The van der Waals surface area contributed by atoms with Crippen LogP contribution < -0.4 is 10.1 Å². The van der Waals surface area contributed by atoms with Crippen LogP contribution in [-0.4, -0.2) is 37.7 Å². The first kappa shape index (κ1) is 22.3. The Morgan fingerprint density at radius 1 is 1.07 bits per heavy atom. The molecule has 3 N–H and O–H groups in total. The molecule has 0 radical (unpaired) electrons. The summed E-state index contributed by atoms with van der Waals surface area (Å²) in [4.78, 5) is 22.8. The van der Waals surface area contributed by atoms with Gasteiger partial charge in [0.25, 0.3) is 5.91 Å². The van der Waals surface area contributed by atoms with E-state index >= 15 is 0 Å². The predicted molar refractivity (Wildman–Crippen MR) is 109 cm³/mol. The molecule has 0 aliphatic heterocycles. The number of nitrogens with zero attached hydrogens (tertiary/aromatic N) is 1. The van der Waals surface area contributed by atoms with Gasteiger partial charge in [0.2, 0.25) is 10.0 Å². The van der Waals surface area contributed by atoms with E-state index in [0.717, 1.165) is 11.1 Å². The zero-order valence-electron chi connectivity index (χ0n) is 16.4. The van der Waals surface area contributed by atoms with Gasteiger partial charge in [0, 0.05) is 12.1 Å². The fraction of sp³-hybridized carbons (Fsp3) is 0.250. The van der Waals surface area contributed by atoms with E-state index in [-0.39, 0.29) is 23.8 Å². The van der Waals surface area contributed by atoms with Crippen molar-refractivity contribution in [2.45, 2.75) is 32.1 Å². The number of carboxylic acid groups (broad SMARTS) is 1. The molecule has 2 aromatic rings. The number of carboxylic acids is 1. The third-order valence-corrected chi connectivity index (χ3v) is 5.64. The van der Waals surface area contributed by atoms with Gasteiger partial charge in [-0.25, -0.2) is 18.6 Å². The van der Waals surface area contributed by atoms with Crippen LogP contribution in [0.4, 0.5) is 0 Å². The number of nitrogens with one attached hydrogen (secondary N) is 2. The quantitative estimate of drug-likeness (QED) is 0.449. The minimum atomic E-state index is -3.79. The first-order valence-corrected chi connectivity index (χ1v) is 10.3. The number of benzene rings is 2. The highest BCUT2D eigenvalue weighted by molar-refractivity contribution is 7.89. The van der Waals surface area contributed by atoms with Gasteiger partial charge >= 0.3 is 5.97 Å². The number of hydrogen-bond donors (Lipinski definition) is 3. The van der Waals surface area contributed by atoms with Crippen LogP contribution in [0.1, 0.15) is 40.4 Å². The maximum absolute atomic E-state index is 12.3. The molecule has 154 valence electrons. The maximum Gasteiger partial charge on any atom is 0.304 e. The number of aryl methyl sites for hydroxylation is 2. The first-order chi connectivity index (χ1) is 13.6. The Labute approximate surface area is 169 Å². The van der Waals surface area contributed by atoms with Crippen molar-refractivity contribution in [3.63, 3.8) is 0 Å². The number of carbonyl (C=O) groups excluding carboxylic acids is 1. The average Bonchev–Trinajstić information content (AvgIpc) is 2.65. The Morgan fingerprint density at radius 2 is 1.72 bits per heavy atom. The van der Waals surface area contributed by atoms with Crippen molar-refractivity contribution in [1.82, 2.24) is 10.1 Å². The number of hydrogen-bond acceptors (Lipinski definition) is 5. The van der Waals surface area contributed by atoms with E-state index in [9.17, 15) is 18.0 Å². The minimum Gasteiger partial charge on any atom is -0.481 e. The molecule has 0 aliphatic carbocycles. The van der Waals surface area contributed by atoms with Crippen molar-refractivity contribution in [2.75, 3.05) is 6.54 Å². The van der Waals surface area contributed by atoms with E-state index in [1.165, 1.54) is 12.1 Å². The largest absolute Gasteiger partial charge is 0.481 e. The lowest BCUT2D eigenvalue weighted by atomic mass is 10.1. The summed E-state index contributed by atoms with van der Waals surface area (Å²) >= 11 is 0. The molecular formula is C20H23N3O5S. The first-order valence-electron chi connectivity index (χ1n) is 8.84. The Morgan fingerprint density at radius 3 is 2.31 bits per heavy atom. The van der Waals surface area contributed by atoms with Crippen LogP contribution in [0.3, 0.4) is 0 Å². The molecule has 2 aromatic carbocycles. The Kier molecular flexibility index (Phi) is 7.24. The van der Waals surface area contributed by atoms with E-state index in [1.54, 1.807) is 25.1 Å². The molecule has 9 heteroatoms. The van der Waals surface area contributed by atoms with Gasteiger partial charge in [-0.15, -0.1) is 0 Å². The lowest BCUT2D eigenvalue weighted by Crippen LogP contribution is -2.26. The summed E-state index contributed by atoms with van der Waals surface area (Å²) in [5.41, 5.74) is 6.08. The third kappa shape index (κ3) is 6.23. The molecule has 0 heterocycles. The second-order valence-electron chi connectivity index (χ2n) is 6.52. The zero-order valence-corrected chi connectivity index (χ0v) is 17.2. The van der Waals surface area contributed by atoms with Gasteiger partial charge in [0.05, 0.1) is 17.0 Å². The van der Waals surface area contributed by atoms with E-state index in [4.69, 9.17) is 5.11 Å². The van der Waals surface area contributed by atoms with Gasteiger partial charge < -0.3 is 5.11 Å². The van der Waals surface area contributed by atoms with E-state index in [1.807, 2.05) is 26.0 Å². The van der Waals surface area contributed by atoms with Gasteiger partial charge in [-0.2, -0.15) is 5.10 Å². The molecule has 0 fully saturated rings. The summed E-state index contributed by atoms with van der Waals surface area (Å²) in [5, 5.41) is 12.7. The molecular weight excluding hydrogens is 394 g/mol. The number of rotatable bonds is 8. The minimum absolute atomic E-state index is 0.0127. The van der Waals surface area contributed by atoms with E-state index < -0.39 is 16.0 Å². The number of aliphatic carboxylic acids is 1. The number of sulfonamides is 1. The third-order valence-electron chi connectivity index (χ3n) is 4.17. The Balaban J connectivity index is 2.06. The molecule has 29 heavy (non-hydrogen) atoms. The van der Waals surface area contributed by atoms with Crippen LogP contribution in [0, 0.1) is 13.8 Å². The summed E-state index contributed by atoms with van der Waals surface area (Å²) < 4.78 is 26.5. The van der Waals surface area contributed by atoms with E-state index in [2.05, 4.69) is 15.2 Å². The van der Waals surface area contributed by atoms with Gasteiger partial charge in [0.1, 0.15) is 0 Å². The monoisotopic (exact) mass is 417 g/mol. The van der Waals surface area contributed by atoms with Crippen molar-refractivity contribution >= 4 is 27.6 Å². The molecule has 0 atom stereocenters. The lowest BCUT2D eigenvalue weighted by Gasteiger charge is -2.08. The van der Waals surface area contributed by atoms with Crippen molar-refractivity contribution in [1.29, 1.82) is 0 Å². The van der Waals surface area contributed by atoms with Crippen LogP contribution in [0.25, 0.3) is 0 Å². The lowest BCUT2D eigenvalue weighted by molar-refractivity contribution is -0.136. The smallest absolute Gasteiger partial charge is 0.304 e. The molecule has 0 aromatic heterocycles. The molecule has 0 unspecified atom stereocenters. The van der Waals surface area contributed by atoms with Gasteiger partial charge in [0.15, 0.2) is 0 Å². The molecule has 0 saturated heterocycles.